The average Bonchev–Trinajstić information content (AvgIpc) is 2.24. The highest BCUT2D eigenvalue weighted by atomic mass is 79.9. The van der Waals surface area contributed by atoms with Gasteiger partial charge in [-0.2, -0.15) is 0 Å². The number of nitrogens with one attached hydrogen (secondary N) is 2. The lowest BCUT2D eigenvalue weighted by Gasteiger charge is -2.20. The number of hydrogen-bond acceptors (Lipinski definition) is 2. The van der Waals surface area contributed by atoms with E-state index >= 15 is 0 Å². The molecule has 0 atom stereocenters. The summed E-state index contributed by atoms with van der Waals surface area (Å²) >= 11 is 3.29. The maximum Gasteiger partial charge on any atom is 0.252 e. The number of carbonyl (C=O) groups is 2. The van der Waals surface area contributed by atoms with Crippen LogP contribution in [-0.4, -0.2) is 23.9 Å². The van der Waals surface area contributed by atoms with E-state index in [4.69, 9.17) is 0 Å². The van der Waals surface area contributed by atoms with E-state index in [0.29, 0.717) is 10.0 Å². The molecular weight excluding hydrogens is 296 g/mol. The molecule has 1 aromatic carbocycles. The number of benzene rings is 1. The van der Waals surface area contributed by atoms with Gasteiger partial charge in [-0.3, -0.25) is 9.59 Å². The van der Waals surface area contributed by atoms with E-state index in [9.17, 15) is 9.59 Å². The summed E-state index contributed by atoms with van der Waals surface area (Å²) in [5.41, 5.74) is 0.218. The van der Waals surface area contributed by atoms with Crippen LogP contribution in [0.1, 0.15) is 31.1 Å². The van der Waals surface area contributed by atoms with Gasteiger partial charge in [-0.25, -0.2) is 0 Å². The van der Waals surface area contributed by atoms with Gasteiger partial charge in [-0.05, 0) is 48.8 Å². The van der Waals surface area contributed by atoms with Crippen LogP contribution in [0.3, 0.4) is 0 Å². The Hall–Kier alpha value is -1.36. The number of hydrogen-bond donors (Lipinski definition) is 2. The summed E-state index contributed by atoms with van der Waals surface area (Å²) in [5, 5.41) is 5.36. The monoisotopic (exact) mass is 312 g/mol. The minimum Gasteiger partial charge on any atom is -0.350 e. The third-order valence-electron chi connectivity index (χ3n) is 2.04. The van der Waals surface area contributed by atoms with Gasteiger partial charge in [0.05, 0.1) is 12.1 Å². The van der Waals surface area contributed by atoms with E-state index in [1.165, 1.54) is 0 Å². The molecule has 2 N–H and O–H groups in total. The molecule has 2 amide bonds. The fourth-order valence-electron chi connectivity index (χ4n) is 1.36. The molecule has 0 heterocycles. The van der Waals surface area contributed by atoms with Gasteiger partial charge in [-0.15, -0.1) is 0 Å². The number of carbonyl (C=O) groups excluding carboxylic acids is 2. The highest BCUT2D eigenvalue weighted by Gasteiger charge is 2.15. The fourth-order valence-corrected chi connectivity index (χ4v) is 1.83. The van der Waals surface area contributed by atoms with Crippen LogP contribution >= 0.6 is 15.9 Å². The highest BCUT2D eigenvalue weighted by molar-refractivity contribution is 9.10. The lowest BCUT2D eigenvalue weighted by Crippen LogP contribution is -2.45. The van der Waals surface area contributed by atoms with Crippen molar-refractivity contribution >= 4 is 27.7 Å². The Morgan fingerprint density at radius 1 is 1.22 bits per heavy atom. The van der Waals surface area contributed by atoms with Crippen LogP contribution in [0.15, 0.2) is 28.7 Å². The highest BCUT2D eigenvalue weighted by Crippen LogP contribution is 2.15. The first-order chi connectivity index (χ1) is 8.29. The molecule has 0 radical (unpaired) electrons. The minimum atomic E-state index is -0.296. The summed E-state index contributed by atoms with van der Waals surface area (Å²) in [6, 6.07) is 7.08. The van der Waals surface area contributed by atoms with Crippen molar-refractivity contribution in [2.75, 3.05) is 6.54 Å². The SMILES string of the molecule is CC(C)(C)NC(=O)CNC(=O)c1ccccc1Br. The molecule has 98 valence electrons. The molecule has 0 aromatic heterocycles. The first kappa shape index (κ1) is 14.7. The van der Waals surface area contributed by atoms with Crippen LogP contribution in [0.2, 0.25) is 0 Å². The Labute approximate surface area is 115 Å². The average molecular weight is 313 g/mol. The molecule has 18 heavy (non-hydrogen) atoms. The van der Waals surface area contributed by atoms with Crippen molar-refractivity contribution in [2.24, 2.45) is 0 Å². The van der Waals surface area contributed by atoms with Crippen molar-refractivity contribution in [3.63, 3.8) is 0 Å². The molecule has 0 bridgehead atoms. The van der Waals surface area contributed by atoms with Gasteiger partial charge in [0.1, 0.15) is 0 Å². The molecule has 0 aliphatic carbocycles. The molecular formula is C13H17BrN2O2. The fraction of sp³-hybridized carbons (Fsp3) is 0.385. The van der Waals surface area contributed by atoms with E-state index < -0.39 is 0 Å². The smallest absolute Gasteiger partial charge is 0.252 e. The van der Waals surface area contributed by atoms with E-state index in [2.05, 4.69) is 26.6 Å². The lowest BCUT2D eigenvalue weighted by molar-refractivity contribution is -0.121. The summed E-state index contributed by atoms with van der Waals surface area (Å²) in [6.07, 6.45) is 0. The van der Waals surface area contributed by atoms with Crippen molar-refractivity contribution in [1.82, 2.24) is 10.6 Å². The Morgan fingerprint density at radius 2 is 1.83 bits per heavy atom. The van der Waals surface area contributed by atoms with Crippen molar-refractivity contribution in [3.8, 4) is 0 Å². The number of rotatable bonds is 3. The second kappa shape index (κ2) is 6.00. The summed E-state index contributed by atoms with van der Waals surface area (Å²) in [7, 11) is 0. The molecule has 5 heteroatoms. The largest absolute Gasteiger partial charge is 0.350 e. The normalized spacial score (nSPS) is 10.9. The van der Waals surface area contributed by atoms with E-state index in [1.54, 1.807) is 18.2 Å². The van der Waals surface area contributed by atoms with Gasteiger partial charge < -0.3 is 10.6 Å². The molecule has 0 unspecified atom stereocenters. The van der Waals surface area contributed by atoms with Crippen molar-refractivity contribution in [3.05, 3.63) is 34.3 Å². The van der Waals surface area contributed by atoms with E-state index in [1.807, 2.05) is 26.8 Å². The topological polar surface area (TPSA) is 58.2 Å². The van der Waals surface area contributed by atoms with Crippen molar-refractivity contribution in [1.29, 1.82) is 0 Å². The minimum absolute atomic E-state index is 0.0303. The Morgan fingerprint density at radius 3 is 2.39 bits per heavy atom. The van der Waals surface area contributed by atoms with Gasteiger partial charge in [0, 0.05) is 10.0 Å². The predicted octanol–water partition coefficient (Wildman–Crippen LogP) is 2.09. The van der Waals surface area contributed by atoms with Crippen LogP contribution in [-0.2, 0) is 4.79 Å². The molecule has 1 rings (SSSR count). The van der Waals surface area contributed by atoms with Crippen LogP contribution in [0.5, 0.6) is 0 Å². The summed E-state index contributed by atoms with van der Waals surface area (Å²) < 4.78 is 0.707. The number of halogens is 1. The van der Waals surface area contributed by atoms with Gasteiger partial charge in [0.15, 0.2) is 0 Å². The zero-order valence-electron chi connectivity index (χ0n) is 10.7. The first-order valence-corrected chi connectivity index (χ1v) is 6.42. The van der Waals surface area contributed by atoms with Crippen LogP contribution < -0.4 is 10.6 Å². The third kappa shape index (κ3) is 4.87. The number of amides is 2. The van der Waals surface area contributed by atoms with Crippen LogP contribution in [0, 0.1) is 0 Å². The summed E-state index contributed by atoms with van der Waals surface area (Å²) in [4.78, 5) is 23.4. The summed E-state index contributed by atoms with van der Waals surface area (Å²) in [6.45, 7) is 5.64. The molecule has 0 aliphatic rings. The second-order valence-corrected chi connectivity index (χ2v) is 5.82. The Kier molecular flexibility index (Phi) is 4.90. The van der Waals surface area contributed by atoms with Crippen molar-refractivity contribution in [2.45, 2.75) is 26.3 Å². The Balaban J connectivity index is 2.52. The maximum atomic E-state index is 11.8. The summed E-state index contributed by atoms with van der Waals surface area (Å²) in [5.74, 6) is -0.477. The quantitative estimate of drug-likeness (QED) is 0.898. The van der Waals surface area contributed by atoms with Crippen LogP contribution in [0.4, 0.5) is 0 Å². The maximum absolute atomic E-state index is 11.8. The molecule has 4 nitrogen and oxygen atoms in total. The standard InChI is InChI=1S/C13H17BrN2O2/c1-13(2,3)16-11(17)8-15-12(18)9-6-4-5-7-10(9)14/h4-7H,8H2,1-3H3,(H,15,18)(H,16,17). The van der Waals surface area contributed by atoms with Gasteiger partial charge in [0.2, 0.25) is 5.91 Å². The van der Waals surface area contributed by atoms with E-state index in [0.717, 1.165) is 0 Å². The third-order valence-corrected chi connectivity index (χ3v) is 2.73. The van der Waals surface area contributed by atoms with Gasteiger partial charge in [0.25, 0.3) is 5.91 Å². The lowest BCUT2D eigenvalue weighted by atomic mass is 10.1. The van der Waals surface area contributed by atoms with Crippen molar-refractivity contribution < 1.29 is 9.59 Å². The molecule has 0 saturated heterocycles. The first-order valence-electron chi connectivity index (χ1n) is 5.63. The molecule has 0 aliphatic heterocycles. The van der Waals surface area contributed by atoms with E-state index in [-0.39, 0.29) is 23.9 Å². The molecule has 0 spiro atoms. The Bertz CT molecular complexity index is 453. The molecule has 0 fully saturated rings. The zero-order valence-corrected chi connectivity index (χ0v) is 12.3. The predicted molar refractivity (Wildman–Crippen MR) is 74.4 cm³/mol. The molecule has 0 saturated carbocycles. The molecule has 1 aromatic rings. The van der Waals surface area contributed by atoms with Gasteiger partial charge >= 0.3 is 0 Å². The zero-order chi connectivity index (χ0) is 13.8. The van der Waals surface area contributed by atoms with Crippen LogP contribution in [0.25, 0.3) is 0 Å². The van der Waals surface area contributed by atoms with Gasteiger partial charge in [-0.1, -0.05) is 12.1 Å². The second-order valence-electron chi connectivity index (χ2n) is 4.96.